The Morgan fingerprint density at radius 2 is 1.68 bits per heavy atom. The van der Waals surface area contributed by atoms with E-state index < -0.39 is 0 Å². The number of piperidine rings is 1. The van der Waals surface area contributed by atoms with Crippen LogP contribution in [0.1, 0.15) is 19.8 Å². The first kappa shape index (κ1) is 18.3. The molecule has 0 unspecified atom stereocenters. The summed E-state index contributed by atoms with van der Waals surface area (Å²) in [5.41, 5.74) is 2.99. The standard InChI is InChI=1S/C23H26N4O/c1-17-12-14-27(15-13-17)23-25-21(18-6-4-3-5-7-18)16-22(26-23)24-19-8-10-20(28-2)11-9-19/h3-11,16-17H,12-15H2,1-2H3,(H,24,25,26). The highest BCUT2D eigenvalue weighted by Crippen LogP contribution is 2.27. The Morgan fingerprint density at radius 3 is 2.36 bits per heavy atom. The van der Waals surface area contributed by atoms with Crippen molar-refractivity contribution in [3.63, 3.8) is 0 Å². The topological polar surface area (TPSA) is 50.3 Å². The molecule has 1 fully saturated rings. The highest BCUT2D eigenvalue weighted by molar-refractivity contribution is 5.67. The monoisotopic (exact) mass is 374 g/mol. The smallest absolute Gasteiger partial charge is 0.227 e. The molecule has 1 saturated heterocycles. The van der Waals surface area contributed by atoms with Crippen molar-refractivity contribution in [2.75, 3.05) is 30.4 Å². The summed E-state index contributed by atoms with van der Waals surface area (Å²) >= 11 is 0. The second-order valence-corrected chi connectivity index (χ2v) is 7.33. The van der Waals surface area contributed by atoms with Gasteiger partial charge in [0.05, 0.1) is 12.8 Å². The molecule has 2 heterocycles. The summed E-state index contributed by atoms with van der Waals surface area (Å²) in [4.78, 5) is 12.0. The quantitative estimate of drug-likeness (QED) is 0.671. The van der Waals surface area contributed by atoms with Gasteiger partial charge in [-0.3, -0.25) is 0 Å². The van der Waals surface area contributed by atoms with Crippen molar-refractivity contribution in [2.24, 2.45) is 5.92 Å². The number of hydrogen-bond donors (Lipinski definition) is 1. The van der Waals surface area contributed by atoms with Crippen LogP contribution in [-0.2, 0) is 0 Å². The summed E-state index contributed by atoms with van der Waals surface area (Å²) in [5, 5.41) is 3.42. The van der Waals surface area contributed by atoms with E-state index in [1.54, 1.807) is 7.11 Å². The van der Waals surface area contributed by atoms with E-state index in [-0.39, 0.29) is 0 Å². The van der Waals surface area contributed by atoms with Crippen molar-refractivity contribution in [1.82, 2.24) is 9.97 Å². The van der Waals surface area contributed by atoms with Gasteiger partial charge in [0.2, 0.25) is 5.95 Å². The normalized spacial score (nSPS) is 14.7. The maximum Gasteiger partial charge on any atom is 0.227 e. The molecule has 0 amide bonds. The van der Waals surface area contributed by atoms with Crippen LogP contribution in [-0.4, -0.2) is 30.2 Å². The molecular weight excluding hydrogens is 348 g/mol. The lowest BCUT2D eigenvalue weighted by molar-refractivity contribution is 0.415. The number of aromatic nitrogens is 2. The molecule has 0 radical (unpaired) electrons. The molecule has 4 rings (SSSR count). The molecule has 5 nitrogen and oxygen atoms in total. The van der Waals surface area contributed by atoms with E-state index in [1.807, 2.05) is 48.5 Å². The van der Waals surface area contributed by atoms with E-state index in [0.29, 0.717) is 0 Å². The predicted molar refractivity (Wildman–Crippen MR) is 114 cm³/mol. The molecule has 144 valence electrons. The summed E-state index contributed by atoms with van der Waals surface area (Å²) in [7, 11) is 1.67. The largest absolute Gasteiger partial charge is 0.497 e. The lowest BCUT2D eigenvalue weighted by Crippen LogP contribution is -2.34. The Balaban J connectivity index is 1.66. The third-order valence-electron chi connectivity index (χ3n) is 5.21. The van der Waals surface area contributed by atoms with Gasteiger partial charge >= 0.3 is 0 Å². The van der Waals surface area contributed by atoms with Gasteiger partial charge < -0.3 is 15.0 Å². The highest BCUT2D eigenvalue weighted by atomic mass is 16.5. The Morgan fingerprint density at radius 1 is 0.964 bits per heavy atom. The molecule has 0 saturated carbocycles. The average Bonchev–Trinajstić information content (AvgIpc) is 2.75. The van der Waals surface area contributed by atoms with Crippen molar-refractivity contribution in [3.8, 4) is 17.0 Å². The third kappa shape index (κ3) is 4.25. The van der Waals surface area contributed by atoms with Crippen molar-refractivity contribution in [1.29, 1.82) is 0 Å². The first-order chi connectivity index (χ1) is 13.7. The van der Waals surface area contributed by atoms with E-state index in [9.17, 15) is 0 Å². The minimum Gasteiger partial charge on any atom is -0.497 e. The van der Waals surface area contributed by atoms with Gasteiger partial charge in [0.1, 0.15) is 11.6 Å². The zero-order chi connectivity index (χ0) is 19.3. The van der Waals surface area contributed by atoms with Crippen LogP contribution in [0.2, 0.25) is 0 Å². The Bertz CT molecular complexity index is 904. The number of methoxy groups -OCH3 is 1. The highest BCUT2D eigenvalue weighted by Gasteiger charge is 2.19. The number of hydrogen-bond acceptors (Lipinski definition) is 5. The van der Waals surface area contributed by atoms with Crippen molar-refractivity contribution in [3.05, 3.63) is 60.7 Å². The van der Waals surface area contributed by atoms with E-state index in [1.165, 1.54) is 12.8 Å². The summed E-state index contributed by atoms with van der Waals surface area (Å²) in [5.74, 6) is 3.20. The summed E-state index contributed by atoms with van der Waals surface area (Å²) in [6.07, 6.45) is 2.36. The van der Waals surface area contributed by atoms with Gasteiger partial charge in [0.25, 0.3) is 0 Å². The van der Waals surface area contributed by atoms with Crippen LogP contribution in [0, 0.1) is 5.92 Å². The number of ether oxygens (including phenoxy) is 1. The van der Waals surface area contributed by atoms with Gasteiger partial charge in [-0.2, -0.15) is 4.98 Å². The summed E-state index contributed by atoms with van der Waals surface area (Å²) in [6, 6.07) is 20.1. The fourth-order valence-corrected chi connectivity index (χ4v) is 3.43. The number of nitrogens with zero attached hydrogens (tertiary/aromatic N) is 3. The second-order valence-electron chi connectivity index (χ2n) is 7.33. The van der Waals surface area contributed by atoms with Crippen LogP contribution in [0.25, 0.3) is 11.3 Å². The van der Waals surface area contributed by atoms with Gasteiger partial charge in [-0.1, -0.05) is 37.3 Å². The molecule has 3 aromatic rings. The molecule has 2 aromatic carbocycles. The molecular formula is C23H26N4O. The van der Waals surface area contributed by atoms with Crippen LogP contribution >= 0.6 is 0 Å². The number of anilines is 3. The van der Waals surface area contributed by atoms with Crippen molar-refractivity contribution in [2.45, 2.75) is 19.8 Å². The van der Waals surface area contributed by atoms with Crippen molar-refractivity contribution < 1.29 is 4.74 Å². The zero-order valence-electron chi connectivity index (χ0n) is 16.4. The van der Waals surface area contributed by atoms with Crippen LogP contribution in [0.5, 0.6) is 5.75 Å². The predicted octanol–water partition coefficient (Wildman–Crippen LogP) is 5.13. The van der Waals surface area contributed by atoms with Crippen LogP contribution in [0.15, 0.2) is 60.7 Å². The van der Waals surface area contributed by atoms with Gasteiger partial charge in [-0.25, -0.2) is 4.98 Å². The van der Waals surface area contributed by atoms with Crippen LogP contribution in [0.4, 0.5) is 17.5 Å². The van der Waals surface area contributed by atoms with E-state index >= 15 is 0 Å². The van der Waals surface area contributed by atoms with Crippen LogP contribution < -0.4 is 15.0 Å². The summed E-state index contributed by atoms with van der Waals surface area (Å²) in [6.45, 7) is 4.32. The molecule has 0 spiro atoms. The fraction of sp³-hybridized carbons (Fsp3) is 0.304. The average molecular weight is 374 g/mol. The van der Waals surface area contributed by atoms with Gasteiger partial charge in [0, 0.05) is 30.4 Å². The first-order valence-electron chi connectivity index (χ1n) is 9.82. The minimum absolute atomic E-state index is 0.769. The second kappa shape index (κ2) is 8.30. The molecule has 0 atom stereocenters. The van der Waals surface area contributed by atoms with Gasteiger partial charge in [0.15, 0.2) is 0 Å². The number of rotatable bonds is 5. The Labute approximate surface area is 166 Å². The van der Waals surface area contributed by atoms with E-state index in [2.05, 4.69) is 29.3 Å². The maximum atomic E-state index is 5.24. The van der Waals surface area contributed by atoms with E-state index in [0.717, 1.165) is 53.5 Å². The Hall–Kier alpha value is -3.08. The van der Waals surface area contributed by atoms with E-state index in [4.69, 9.17) is 14.7 Å². The third-order valence-corrected chi connectivity index (χ3v) is 5.21. The van der Waals surface area contributed by atoms with Crippen LogP contribution in [0.3, 0.4) is 0 Å². The molecule has 1 aliphatic heterocycles. The lowest BCUT2D eigenvalue weighted by atomic mass is 10.00. The number of nitrogens with one attached hydrogen (secondary N) is 1. The van der Waals surface area contributed by atoms with Gasteiger partial charge in [-0.15, -0.1) is 0 Å². The lowest BCUT2D eigenvalue weighted by Gasteiger charge is -2.30. The SMILES string of the molecule is COc1ccc(Nc2cc(-c3ccccc3)nc(N3CCC(C)CC3)n2)cc1. The molecule has 28 heavy (non-hydrogen) atoms. The molecule has 1 aromatic heterocycles. The molecule has 0 bridgehead atoms. The fourth-order valence-electron chi connectivity index (χ4n) is 3.43. The van der Waals surface area contributed by atoms with Crippen molar-refractivity contribution >= 4 is 17.5 Å². The number of benzene rings is 2. The first-order valence-corrected chi connectivity index (χ1v) is 9.82. The summed E-state index contributed by atoms with van der Waals surface area (Å²) < 4.78 is 5.24. The van der Waals surface area contributed by atoms with Gasteiger partial charge in [-0.05, 0) is 43.0 Å². The molecule has 5 heteroatoms. The molecule has 1 N–H and O–H groups in total. The molecule has 1 aliphatic rings. The minimum atomic E-state index is 0.769. The molecule has 0 aliphatic carbocycles. The maximum absolute atomic E-state index is 5.24. The zero-order valence-corrected chi connectivity index (χ0v) is 16.4. The Kier molecular flexibility index (Phi) is 5.42.